The molecule has 0 fully saturated rings. The minimum absolute atomic E-state index is 0.639. The first-order chi connectivity index (χ1) is 8.78. The van der Waals surface area contributed by atoms with Crippen LogP contribution in [0.5, 0.6) is 5.88 Å². The number of aromatic nitrogens is 1. The highest BCUT2D eigenvalue weighted by Gasteiger charge is 2.00. The zero-order valence-corrected chi connectivity index (χ0v) is 12.6. The molecule has 2 heterocycles. The first-order valence-corrected chi connectivity index (χ1v) is 7.47. The summed E-state index contributed by atoms with van der Waals surface area (Å²) in [5.41, 5.74) is 0. The maximum absolute atomic E-state index is 5.36. The van der Waals surface area contributed by atoms with Crippen LogP contribution in [-0.4, -0.2) is 18.1 Å². The topological polar surface area (TPSA) is 34.1 Å². The predicted molar refractivity (Wildman–Crippen MR) is 79.6 cm³/mol. The first kappa shape index (κ1) is 13.4. The Hall–Kier alpha value is -1.07. The van der Waals surface area contributed by atoms with Gasteiger partial charge in [-0.1, -0.05) is 6.07 Å². The normalized spacial score (nSPS) is 10.3. The summed E-state index contributed by atoms with van der Waals surface area (Å²) in [5.74, 6) is 1.53. The van der Waals surface area contributed by atoms with E-state index in [1.54, 1.807) is 11.3 Å². The monoisotopic (exact) mass is 326 g/mol. The number of pyridine rings is 1. The number of rotatable bonds is 6. The molecule has 0 atom stereocenters. The third-order valence-electron chi connectivity index (χ3n) is 2.32. The van der Waals surface area contributed by atoms with Crippen LogP contribution in [-0.2, 0) is 6.42 Å². The second kappa shape index (κ2) is 6.75. The third kappa shape index (κ3) is 3.99. The number of halogens is 1. The van der Waals surface area contributed by atoms with Crippen molar-refractivity contribution in [3.63, 3.8) is 0 Å². The van der Waals surface area contributed by atoms with E-state index < -0.39 is 0 Å². The summed E-state index contributed by atoms with van der Waals surface area (Å²) in [6, 6.07) is 9.98. The maximum atomic E-state index is 5.36. The number of ether oxygens (including phenoxy) is 1. The number of nitrogens with zero attached hydrogens (tertiary/aromatic N) is 1. The Morgan fingerprint density at radius 3 is 2.94 bits per heavy atom. The fourth-order valence-corrected chi connectivity index (χ4v) is 3.02. The van der Waals surface area contributed by atoms with E-state index in [4.69, 9.17) is 4.74 Å². The minimum atomic E-state index is 0.639. The van der Waals surface area contributed by atoms with Crippen LogP contribution in [0.15, 0.2) is 34.1 Å². The van der Waals surface area contributed by atoms with Crippen LogP contribution < -0.4 is 10.1 Å². The van der Waals surface area contributed by atoms with Crippen LogP contribution in [0.2, 0.25) is 0 Å². The molecule has 96 valence electrons. The lowest BCUT2D eigenvalue weighted by molar-refractivity contribution is 0.327. The van der Waals surface area contributed by atoms with Crippen LogP contribution >= 0.6 is 27.3 Å². The lowest BCUT2D eigenvalue weighted by atomic mass is 10.3. The van der Waals surface area contributed by atoms with Crippen LogP contribution in [0, 0.1) is 0 Å². The molecular weight excluding hydrogens is 312 g/mol. The van der Waals surface area contributed by atoms with Gasteiger partial charge in [-0.05, 0) is 47.5 Å². The van der Waals surface area contributed by atoms with Gasteiger partial charge in [-0.2, -0.15) is 4.98 Å². The Bertz CT molecular complexity index is 501. The summed E-state index contributed by atoms with van der Waals surface area (Å²) in [6.07, 6.45) is 0.997. The van der Waals surface area contributed by atoms with E-state index in [2.05, 4.69) is 38.4 Å². The van der Waals surface area contributed by atoms with E-state index in [0.717, 1.165) is 18.8 Å². The SMILES string of the molecule is CCOc1cccc(NCCc2ccc(Br)s2)n1. The van der Waals surface area contributed by atoms with Crippen LogP contribution in [0.3, 0.4) is 0 Å². The lowest BCUT2D eigenvalue weighted by Crippen LogP contribution is -2.06. The van der Waals surface area contributed by atoms with Gasteiger partial charge in [0.15, 0.2) is 0 Å². The van der Waals surface area contributed by atoms with Crippen molar-refractivity contribution in [2.45, 2.75) is 13.3 Å². The van der Waals surface area contributed by atoms with Gasteiger partial charge < -0.3 is 10.1 Å². The van der Waals surface area contributed by atoms with Gasteiger partial charge in [-0.25, -0.2) is 0 Å². The molecular formula is C13H15BrN2OS. The third-order valence-corrected chi connectivity index (χ3v) is 4.01. The van der Waals surface area contributed by atoms with Crippen LogP contribution in [0.4, 0.5) is 5.82 Å². The highest BCUT2D eigenvalue weighted by Crippen LogP contribution is 2.22. The van der Waals surface area contributed by atoms with Gasteiger partial charge in [-0.3, -0.25) is 0 Å². The average molecular weight is 327 g/mol. The van der Waals surface area contributed by atoms with E-state index in [1.165, 1.54) is 8.66 Å². The van der Waals surface area contributed by atoms with E-state index in [0.29, 0.717) is 12.5 Å². The number of thiophene rings is 1. The van der Waals surface area contributed by atoms with Crippen molar-refractivity contribution in [1.29, 1.82) is 0 Å². The van der Waals surface area contributed by atoms with Crippen LogP contribution in [0.25, 0.3) is 0 Å². The number of hydrogen-bond acceptors (Lipinski definition) is 4. The molecule has 0 amide bonds. The summed E-state index contributed by atoms with van der Waals surface area (Å²) in [6.45, 7) is 3.46. The molecule has 18 heavy (non-hydrogen) atoms. The van der Waals surface area contributed by atoms with Crippen LogP contribution in [0.1, 0.15) is 11.8 Å². The molecule has 3 nitrogen and oxygen atoms in total. The van der Waals surface area contributed by atoms with Crippen molar-refractivity contribution in [1.82, 2.24) is 4.98 Å². The molecule has 0 unspecified atom stereocenters. The highest BCUT2D eigenvalue weighted by molar-refractivity contribution is 9.11. The molecule has 0 bridgehead atoms. The maximum Gasteiger partial charge on any atom is 0.215 e. The zero-order valence-electron chi connectivity index (χ0n) is 10.1. The second-order valence-electron chi connectivity index (χ2n) is 3.68. The summed E-state index contributed by atoms with van der Waals surface area (Å²) in [7, 11) is 0. The van der Waals surface area contributed by atoms with E-state index in [-0.39, 0.29) is 0 Å². The first-order valence-electron chi connectivity index (χ1n) is 5.86. The molecule has 0 spiro atoms. The van der Waals surface area contributed by atoms with Gasteiger partial charge in [0.2, 0.25) is 5.88 Å². The molecule has 2 aromatic rings. The Balaban J connectivity index is 1.84. The fraction of sp³-hybridized carbons (Fsp3) is 0.308. The molecule has 2 aromatic heterocycles. The number of hydrogen-bond donors (Lipinski definition) is 1. The average Bonchev–Trinajstić information content (AvgIpc) is 2.76. The van der Waals surface area contributed by atoms with Crippen molar-refractivity contribution >= 4 is 33.1 Å². The number of anilines is 1. The smallest absolute Gasteiger partial charge is 0.215 e. The van der Waals surface area contributed by atoms with Gasteiger partial charge in [0.25, 0.3) is 0 Å². The summed E-state index contributed by atoms with van der Waals surface area (Å²) in [5, 5.41) is 3.30. The standard InChI is InChI=1S/C13H15BrN2OS/c1-2-17-13-5-3-4-12(16-13)15-9-8-10-6-7-11(14)18-10/h3-7H,2,8-9H2,1H3,(H,15,16). The molecule has 0 radical (unpaired) electrons. The van der Waals surface area contributed by atoms with Gasteiger partial charge in [0, 0.05) is 17.5 Å². The largest absolute Gasteiger partial charge is 0.478 e. The Morgan fingerprint density at radius 1 is 1.33 bits per heavy atom. The Morgan fingerprint density at radius 2 is 2.22 bits per heavy atom. The van der Waals surface area contributed by atoms with Crippen molar-refractivity contribution in [3.05, 3.63) is 39.0 Å². The van der Waals surface area contributed by atoms with E-state index >= 15 is 0 Å². The van der Waals surface area contributed by atoms with E-state index in [9.17, 15) is 0 Å². The van der Waals surface area contributed by atoms with Gasteiger partial charge in [0.05, 0.1) is 10.4 Å². The second-order valence-corrected chi connectivity index (χ2v) is 6.22. The molecule has 0 saturated carbocycles. The minimum Gasteiger partial charge on any atom is -0.478 e. The van der Waals surface area contributed by atoms with Gasteiger partial charge in [0.1, 0.15) is 5.82 Å². The van der Waals surface area contributed by atoms with E-state index in [1.807, 2.05) is 25.1 Å². The molecule has 2 rings (SSSR count). The Kier molecular flexibility index (Phi) is 5.01. The molecule has 0 aromatic carbocycles. The predicted octanol–water partition coefficient (Wildman–Crippen LogP) is 3.96. The van der Waals surface area contributed by atoms with Gasteiger partial charge >= 0.3 is 0 Å². The molecule has 0 aliphatic rings. The van der Waals surface area contributed by atoms with Gasteiger partial charge in [-0.15, -0.1) is 11.3 Å². The molecule has 5 heteroatoms. The lowest BCUT2D eigenvalue weighted by Gasteiger charge is -2.06. The summed E-state index contributed by atoms with van der Waals surface area (Å²) < 4.78 is 6.53. The molecule has 1 N–H and O–H groups in total. The molecule has 0 aliphatic carbocycles. The zero-order chi connectivity index (χ0) is 12.8. The number of nitrogens with one attached hydrogen (secondary N) is 1. The quantitative estimate of drug-likeness (QED) is 0.872. The Labute approximate surface area is 119 Å². The molecule has 0 aliphatic heterocycles. The highest BCUT2D eigenvalue weighted by atomic mass is 79.9. The molecule has 0 saturated heterocycles. The van der Waals surface area contributed by atoms with Crippen molar-refractivity contribution in [3.8, 4) is 5.88 Å². The van der Waals surface area contributed by atoms with Crippen molar-refractivity contribution < 1.29 is 4.74 Å². The van der Waals surface area contributed by atoms with Crippen molar-refractivity contribution in [2.24, 2.45) is 0 Å². The van der Waals surface area contributed by atoms with Crippen molar-refractivity contribution in [2.75, 3.05) is 18.5 Å². The summed E-state index contributed by atoms with van der Waals surface area (Å²) >= 11 is 5.23. The fourth-order valence-electron chi connectivity index (χ4n) is 1.54. The summed E-state index contributed by atoms with van der Waals surface area (Å²) in [4.78, 5) is 5.72.